The molecule has 1 fully saturated rings. The van der Waals surface area contributed by atoms with Gasteiger partial charge < -0.3 is 10.6 Å². The average Bonchev–Trinajstić information content (AvgIpc) is 2.90. The van der Waals surface area contributed by atoms with Crippen LogP contribution in [0.2, 0.25) is 5.02 Å². The maximum Gasteiger partial charge on any atom is 0.228 e. The van der Waals surface area contributed by atoms with E-state index in [9.17, 15) is 4.79 Å². The lowest BCUT2D eigenvalue weighted by Gasteiger charge is -2.32. The van der Waals surface area contributed by atoms with Gasteiger partial charge in [-0.25, -0.2) is 0 Å². The van der Waals surface area contributed by atoms with E-state index in [1.54, 1.807) is 0 Å². The number of hydrogen-bond acceptors (Lipinski definition) is 4. The molecule has 1 saturated carbocycles. The molecule has 0 radical (unpaired) electrons. The third-order valence-electron chi connectivity index (χ3n) is 3.95. The van der Waals surface area contributed by atoms with Crippen molar-refractivity contribution < 1.29 is 4.79 Å². The van der Waals surface area contributed by atoms with E-state index in [1.165, 1.54) is 0 Å². The van der Waals surface area contributed by atoms with Gasteiger partial charge in [-0.05, 0) is 42.2 Å². The van der Waals surface area contributed by atoms with Gasteiger partial charge in [0.1, 0.15) is 5.84 Å². The molecule has 1 heterocycles. The number of amides is 1. The molecular formula is C16H15ClN4O. The van der Waals surface area contributed by atoms with Gasteiger partial charge in [0.15, 0.2) is 6.19 Å². The van der Waals surface area contributed by atoms with Crippen LogP contribution in [-0.2, 0) is 4.79 Å². The zero-order valence-corrected chi connectivity index (χ0v) is 12.6. The first-order chi connectivity index (χ1) is 10.7. The molecule has 0 unspecified atom stereocenters. The summed E-state index contributed by atoms with van der Waals surface area (Å²) in [6.45, 7) is 0.541. The van der Waals surface area contributed by atoms with Crippen LogP contribution in [0.15, 0.2) is 35.3 Å². The molecule has 0 aromatic heterocycles. The van der Waals surface area contributed by atoms with Gasteiger partial charge in [0, 0.05) is 17.0 Å². The molecular weight excluding hydrogens is 300 g/mol. The Hall–Kier alpha value is -2.32. The second kappa shape index (κ2) is 6.20. The van der Waals surface area contributed by atoms with Crippen LogP contribution in [0.4, 0.5) is 0 Å². The molecule has 0 bridgehead atoms. The number of carbonyl (C=O) groups excluding carboxylic acids is 1. The van der Waals surface area contributed by atoms with E-state index in [4.69, 9.17) is 16.9 Å². The summed E-state index contributed by atoms with van der Waals surface area (Å²) in [6, 6.07) is 7.71. The zero-order valence-electron chi connectivity index (χ0n) is 11.8. The van der Waals surface area contributed by atoms with Crippen molar-refractivity contribution in [3.63, 3.8) is 0 Å². The van der Waals surface area contributed by atoms with Crippen LogP contribution in [0.25, 0.3) is 5.57 Å². The number of amidine groups is 1. The molecule has 112 valence electrons. The summed E-state index contributed by atoms with van der Waals surface area (Å²) in [5, 5.41) is 14.7. The predicted octanol–water partition coefficient (Wildman–Crippen LogP) is 2.10. The monoisotopic (exact) mass is 314 g/mol. The zero-order chi connectivity index (χ0) is 15.5. The first kappa shape index (κ1) is 14.6. The fourth-order valence-electron chi connectivity index (χ4n) is 2.63. The highest BCUT2D eigenvalue weighted by molar-refractivity contribution is 6.30. The molecule has 5 nitrogen and oxygen atoms in total. The molecule has 3 rings (SSSR count). The Labute approximate surface area is 133 Å². The Morgan fingerprint density at radius 3 is 2.95 bits per heavy atom. The third kappa shape index (κ3) is 3.12. The fraction of sp³-hybridized carbons (Fsp3) is 0.312. The predicted molar refractivity (Wildman–Crippen MR) is 85.1 cm³/mol. The van der Waals surface area contributed by atoms with Crippen molar-refractivity contribution in [3.8, 4) is 6.19 Å². The van der Waals surface area contributed by atoms with E-state index in [0.29, 0.717) is 30.2 Å². The van der Waals surface area contributed by atoms with E-state index < -0.39 is 0 Å². The summed E-state index contributed by atoms with van der Waals surface area (Å²) in [4.78, 5) is 16.4. The van der Waals surface area contributed by atoms with E-state index in [2.05, 4.69) is 15.6 Å². The maximum absolute atomic E-state index is 12.1. The molecule has 1 aliphatic heterocycles. The lowest BCUT2D eigenvalue weighted by atomic mass is 9.80. The number of benzene rings is 1. The number of nitrogens with zero attached hydrogens (tertiary/aromatic N) is 2. The number of nitriles is 1. The average molecular weight is 315 g/mol. The summed E-state index contributed by atoms with van der Waals surface area (Å²) in [6.07, 6.45) is 5.17. The van der Waals surface area contributed by atoms with Gasteiger partial charge in [-0.15, -0.1) is 0 Å². The van der Waals surface area contributed by atoms with Crippen molar-refractivity contribution >= 4 is 28.9 Å². The summed E-state index contributed by atoms with van der Waals surface area (Å²) in [5.41, 5.74) is 2.05. The molecule has 0 atom stereocenters. The largest absolute Gasteiger partial charge is 0.321 e. The van der Waals surface area contributed by atoms with Gasteiger partial charge in [0.2, 0.25) is 5.91 Å². The van der Waals surface area contributed by atoms with Crippen molar-refractivity contribution in [1.29, 1.82) is 5.26 Å². The van der Waals surface area contributed by atoms with E-state index in [0.717, 1.165) is 11.1 Å². The Morgan fingerprint density at radius 2 is 2.23 bits per heavy atom. The van der Waals surface area contributed by atoms with Crippen molar-refractivity contribution in [2.75, 3.05) is 6.54 Å². The summed E-state index contributed by atoms with van der Waals surface area (Å²) in [7, 11) is 0. The quantitative estimate of drug-likeness (QED) is 0.662. The van der Waals surface area contributed by atoms with E-state index >= 15 is 0 Å². The Balaban J connectivity index is 1.56. The lowest BCUT2D eigenvalue weighted by Crippen LogP contribution is -2.47. The number of hydrogen-bond donors (Lipinski definition) is 2. The van der Waals surface area contributed by atoms with Gasteiger partial charge in [0.05, 0.1) is 6.54 Å². The second-order valence-electron chi connectivity index (χ2n) is 5.49. The van der Waals surface area contributed by atoms with Crippen molar-refractivity contribution in [2.45, 2.75) is 18.9 Å². The van der Waals surface area contributed by atoms with Crippen molar-refractivity contribution in [3.05, 3.63) is 40.9 Å². The fourth-order valence-corrected chi connectivity index (χ4v) is 2.82. The smallest absolute Gasteiger partial charge is 0.228 e. The highest BCUT2D eigenvalue weighted by Crippen LogP contribution is 2.27. The van der Waals surface area contributed by atoms with Crippen LogP contribution in [0.1, 0.15) is 18.4 Å². The molecule has 1 aromatic rings. The van der Waals surface area contributed by atoms with Crippen LogP contribution in [0.3, 0.4) is 0 Å². The lowest BCUT2D eigenvalue weighted by molar-refractivity contribution is -0.126. The maximum atomic E-state index is 12.1. The molecule has 22 heavy (non-hydrogen) atoms. The molecule has 2 N–H and O–H groups in total. The summed E-state index contributed by atoms with van der Waals surface area (Å²) >= 11 is 5.99. The van der Waals surface area contributed by atoms with Gasteiger partial charge in [0.25, 0.3) is 0 Å². The van der Waals surface area contributed by atoms with Crippen LogP contribution in [0.5, 0.6) is 0 Å². The topological polar surface area (TPSA) is 77.3 Å². The second-order valence-corrected chi connectivity index (χ2v) is 5.93. The highest BCUT2D eigenvalue weighted by Gasteiger charge is 2.34. The van der Waals surface area contributed by atoms with Crippen LogP contribution in [0, 0.1) is 17.4 Å². The van der Waals surface area contributed by atoms with Crippen LogP contribution < -0.4 is 10.6 Å². The number of aliphatic imine (C=N–C) groups is 1. The van der Waals surface area contributed by atoms with E-state index in [-0.39, 0.29) is 17.9 Å². The molecule has 2 aliphatic rings. The van der Waals surface area contributed by atoms with Crippen LogP contribution >= 0.6 is 11.6 Å². The first-order valence-corrected chi connectivity index (χ1v) is 7.50. The van der Waals surface area contributed by atoms with Crippen molar-refractivity contribution in [1.82, 2.24) is 10.6 Å². The standard InChI is InChI=1S/C16H15ClN4O/c17-13-3-1-2-10(4-13)12-7-15(19-8-12)21-16(22)11-5-14(6-11)20-9-18/h1-4,7,11,14,20H,5-6,8H2,(H,19,21,22). The Morgan fingerprint density at radius 1 is 1.41 bits per heavy atom. The first-order valence-electron chi connectivity index (χ1n) is 7.12. The van der Waals surface area contributed by atoms with Gasteiger partial charge in [-0.3, -0.25) is 9.79 Å². The summed E-state index contributed by atoms with van der Waals surface area (Å²) in [5.74, 6) is 0.521. The Bertz CT molecular complexity index is 698. The number of nitrogens with one attached hydrogen (secondary N) is 2. The molecule has 1 aliphatic carbocycles. The van der Waals surface area contributed by atoms with Crippen LogP contribution in [-0.4, -0.2) is 24.3 Å². The molecule has 0 saturated heterocycles. The molecule has 1 amide bonds. The minimum atomic E-state index is -0.0443. The van der Waals surface area contributed by atoms with Crippen molar-refractivity contribution in [2.24, 2.45) is 10.9 Å². The van der Waals surface area contributed by atoms with Gasteiger partial charge in [-0.2, -0.15) is 5.26 Å². The van der Waals surface area contributed by atoms with Gasteiger partial charge >= 0.3 is 0 Å². The van der Waals surface area contributed by atoms with Gasteiger partial charge in [-0.1, -0.05) is 23.7 Å². The Kier molecular flexibility index (Phi) is 4.12. The van der Waals surface area contributed by atoms with E-state index in [1.807, 2.05) is 36.5 Å². The minimum absolute atomic E-state index is 0.0293. The number of halogens is 1. The summed E-state index contributed by atoms with van der Waals surface area (Å²) < 4.78 is 0. The normalized spacial score (nSPS) is 22.9. The SMILES string of the molecule is N#CNC1CC(C(=O)NC2=NCC(c3cccc(Cl)c3)=C2)C1. The molecule has 1 aromatic carbocycles. The minimum Gasteiger partial charge on any atom is -0.321 e. The third-order valence-corrected chi connectivity index (χ3v) is 4.19. The number of rotatable bonds is 3. The molecule has 0 spiro atoms. The number of carbonyl (C=O) groups is 1. The molecule has 6 heteroatoms. The highest BCUT2D eigenvalue weighted by atomic mass is 35.5.